The second-order valence-electron chi connectivity index (χ2n) is 5.77. The molecule has 2 aromatic carbocycles. The van der Waals surface area contributed by atoms with E-state index in [1.807, 2.05) is 0 Å². The van der Waals surface area contributed by atoms with Crippen molar-refractivity contribution in [2.75, 3.05) is 27.9 Å². The molecule has 152 valence electrons. The fourth-order valence-corrected chi connectivity index (χ4v) is 4.46. The Kier molecular flexibility index (Phi) is 6.52. The molecule has 0 saturated carbocycles. The van der Waals surface area contributed by atoms with Gasteiger partial charge < -0.3 is 18.9 Å². The van der Waals surface area contributed by atoms with E-state index in [0.717, 1.165) is 11.3 Å². The molecule has 0 N–H and O–H groups in total. The highest BCUT2D eigenvalue weighted by Crippen LogP contribution is 2.43. The van der Waals surface area contributed by atoms with Crippen LogP contribution in [0.4, 0.5) is 0 Å². The van der Waals surface area contributed by atoms with E-state index >= 15 is 0 Å². The number of thiophene rings is 1. The Hall–Kier alpha value is -2.48. The van der Waals surface area contributed by atoms with Crippen LogP contribution in [0.1, 0.15) is 20.0 Å². The molecule has 1 heterocycles. The molecule has 0 aliphatic carbocycles. The molecule has 0 saturated heterocycles. The summed E-state index contributed by atoms with van der Waals surface area (Å²) in [5.41, 5.74) is 0.245. The van der Waals surface area contributed by atoms with E-state index in [4.69, 9.17) is 42.1 Å². The summed E-state index contributed by atoms with van der Waals surface area (Å²) in [5, 5.41) is 1.18. The molecular formula is C20H16Cl2O6S. The maximum atomic E-state index is 12.5. The topological polar surface area (TPSA) is 71.1 Å². The first-order chi connectivity index (χ1) is 13.9. The van der Waals surface area contributed by atoms with Crippen LogP contribution in [0.3, 0.4) is 0 Å². The number of rotatable bonds is 7. The minimum atomic E-state index is -0.721. The molecule has 6 nitrogen and oxygen atoms in total. The average Bonchev–Trinajstić information content (AvgIpc) is 3.09. The molecular weight excluding hydrogens is 439 g/mol. The fourth-order valence-electron chi connectivity index (χ4n) is 2.68. The van der Waals surface area contributed by atoms with Crippen LogP contribution in [0, 0.1) is 0 Å². The number of methoxy groups -OCH3 is 3. The number of carbonyl (C=O) groups excluding carboxylic acids is 2. The summed E-state index contributed by atoms with van der Waals surface area (Å²) in [6.07, 6.45) is 0. The van der Waals surface area contributed by atoms with Crippen LogP contribution in [0.25, 0.3) is 10.1 Å². The number of Topliss-reactive ketones (excluding diaryl/α,β-unsaturated/α-hetero) is 1. The molecule has 0 aliphatic heterocycles. The third-order valence-electron chi connectivity index (χ3n) is 4.15. The first-order valence-corrected chi connectivity index (χ1v) is 9.85. The fraction of sp³-hybridized carbons (Fsp3) is 0.200. The van der Waals surface area contributed by atoms with Crippen molar-refractivity contribution in [1.29, 1.82) is 0 Å². The summed E-state index contributed by atoms with van der Waals surface area (Å²) in [6, 6.07) is 8.16. The molecule has 0 atom stereocenters. The highest BCUT2D eigenvalue weighted by molar-refractivity contribution is 7.22. The van der Waals surface area contributed by atoms with Gasteiger partial charge in [0.05, 0.1) is 36.6 Å². The van der Waals surface area contributed by atoms with Crippen LogP contribution in [0.15, 0.2) is 30.3 Å². The SMILES string of the molecule is COc1ccc(OC)c(C(=O)COC(=O)c2sc3c(Cl)c(OC)ccc3c2Cl)c1. The molecule has 0 fully saturated rings. The van der Waals surface area contributed by atoms with E-state index in [1.54, 1.807) is 24.3 Å². The minimum absolute atomic E-state index is 0.155. The number of hydrogen-bond donors (Lipinski definition) is 0. The van der Waals surface area contributed by atoms with Gasteiger partial charge in [-0.15, -0.1) is 11.3 Å². The Labute approximate surface area is 180 Å². The Morgan fingerprint density at radius 1 is 0.931 bits per heavy atom. The lowest BCUT2D eigenvalue weighted by Crippen LogP contribution is -2.14. The molecule has 0 unspecified atom stereocenters. The Morgan fingerprint density at radius 2 is 1.62 bits per heavy atom. The Bertz CT molecular complexity index is 1090. The van der Waals surface area contributed by atoms with Crippen molar-refractivity contribution < 1.29 is 28.5 Å². The number of fused-ring (bicyclic) bond motifs is 1. The Balaban J connectivity index is 1.82. The molecule has 0 radical (unpaired) electrons. The number of esters is 1. The first kappa shape index (κ1) is 21.2. The van der Waals surface area contributed by atoms with Gasteiger partial charge in [0.15, 0.2) is 6.61 Å². The van der Waals surface area contributed by atoms with Gasteiger partial charge in [-0.2, -0.15) is 0 Å². The zero-order valence-corrected chi connectivity index (χ0v) is 18.0. The van der Waals surface area contributed by atoms with Gasteiger partial charge >= 0.3 is 5.97 Å². The molecule has 0 bridgehead atoms. The van der Waals surface area contributed by atoms with E-state index in [-0.39, 0.29) is 15.5 Å². The lowest BCUT2D eigenvalue weighted by atomic mass is 10.1. The summed E-state index contributed by atoms with van der Waals surface area (Å²) in [6.45, 7) is -0.482. The maximum absolute atomic E-state index is 12.5. The lowest BCUT2D eigenvalue weighted by Gasteiger charge is -2.10. The molecule has 0 spiro atoms. The minimum Gasteiger partial charge on any atom is -0.497 e. The summed E-state index contributed by atoms with van der Waals surface area (Å²) >= 11 is 13.7. The van der Waals surface area contributed by atoms with Gasteiger partial charge in [-0.05, 0) is 30.3 Å². The van der Waals surface area contributed by atoms with Gasteiger partial charge in [-0.25, -0.2) is 4.79 Å². The van der Waals surface area contributed by atoms with Gasteiger partial charge in [-0.1, -0.05) is 23.2 Å². The number of carbonyl (C=O) groups is 2. The summed E-state index contributed by atoms with van der Waals surface area (Å²) in [7, 11) is 4.43. The van der Waals surface area contributed by atoms with Crippen LogP contribution in [-0.4, -0.2) is 39.7 Å². The largest absolute Gasteiger partial charge is 0.497 e. The van der Waals surface area contributed by atoms with E-state index in [1.165, 1.54) is 27.4 Å². The third-order valence-corrected chi connectivity index (χ3v) is 6.34. The van der Waals surface area contributed by atoms with Gasteiger partial charge in [0.2, 0.25) is 5.78 Å². The zero-order chi connectivity index (χ0) is 21.1. The highest BCUT2D eigenvalue weighted by atomic mass is 35.5. The zero-order valence-electron chi connectivity index (χ0n) is 15.7. The highest BCUT2D eigenvalue weighted by Gasteiger charge is 2.23. The number of benzene rings is 2. The molecule has 1 aromatic heterocycles. The normalized spacial score (nSPS) is 10.7. The van der Waals surface area contributed by atoms with Crippen molar-refractivity contribution in [1.82, 2.24) is 0 Å². The second-order valence-corrected chi connectivity index (χ2v) is 7.55. The second kappa shape index (κ2) is 8.90. The summed E-state index contributed by atoms with van der Waals surface area (Å²) in [5.74, 6) is 0.145. The van der Waals surface area contributed by atoms with Crippen molar-refractivity contribution in [2.24, 2.45) is 0 Å². The van der Waals surface area contributed by atoms with Gasteiger partial charge in [0.25, 0.3) is 0 Å². The maximum Gasteiger partial charge on any atom is 0.350 e. The molecule has 29 heavy (non-hydrogen) atoms. The summed E-state index contributed by atoms with van der Waals surface area (Å²) in [4.78, 5) is 25.2. The van der Waals surface area contributed by atoms with Crippen LogP contribution in [0.5, 0.6) is 17.2 Å². The van der Waals surface area contributed by atoms with E-state index in [0.29, 0.717) is 32.4 Å². The number of halogens is 2. The van der Waals surface area contributed by atoms with E-state index in [9.17, 15) is 9.59 Å². The Morgan fingerprint density at radius 3 is 2.28 bits per heavy atom. The lowest BCUT2D eigenvalue weighted by molar-refractivity contribution is 0.0479. The molecule has 0 aliphatic rings. The van der Waals surface area contributed by atoms with Crippen molar-refractivity contribution in [3.05, 3.63) is 50.8 Å². The molecule has 3 aromatic rings. The van der Waals surface area contributed by atoms with E-state index in [2.05, 4.69) is 0 Å². The number of ketones is 1. The van der Waals surface area contributed by atoms with Crippen LogP contribution in [0.2, 0.25) is 10.0 Å². The molecule has 0 amide bonds. The number of ether oxygens (including phenoxy) is 4. The van der Waals surface area contributed by atoms with Crippen molar-refractivity contribution in [3.63, 3.8) is 0 Å². The van der Waals surface area contributed by atoms with Crippen molar-refractivity contribution in [3.8, 4) is 17.2 Å². The molecule has 9 heteroatoms. The average molecular weight is 455 g/mol. The quantitative estimate of drug-likeness (QED) is 0.357. The van der Waals surface area contributed by atoms with Crippen LogP contribution < -0.4 is 14.2 Å². The first-order valence-electron chi connectivity index (χ1n) is 8.28. The smallest absolute Gasteiger partial charge is 0.350 e. The summed E-state index contributed by atoms with van der Waals surface area (Å²) < 4.78 is 21.3. The van der Waals surface area contributed by atoms with Gasteiger partial charge in [-0.3, -0.25) is 4.79 Å². The standard InChI is InChI=1S/C20H16Cl2O6S/c1-25-10-4-6-14(26-2)12(8-10)13(23)9-28-20(24)19-16(21)11-5-7-15(27-3)17(22)18(11)29-19/h4-8H,9H2,1-3H3. The van der Waals surface area contributed by atoms with Gasteiger partial charge in [0, 0.05) is 5.39 Å². The van der Waals surface area contributed by atoms with Crippen LogP contribution in [-0.2, 0) is 4.74 Å². The predicted octanol–water partition coefficient (Wildman–Crippen LogP) is 5.27. The third kappa shape index (κ3) is 4.12. The molecule has 3 rings (SSSR count). The van der Waals surface area contributed by atoms with E-state index < -0.39 is 18.4 Å². The van der Waals surface area contributed by atoms with Crippen LogP contribution >= 0.6 is 34.5 Å². The van der Waals surface area contributed by atoms with Crippen molar-refractivity contribution in [2.45, 2.75) is 0 Å². The monoisotopic (exact) mass is 454 g/mol. The number of hydrogen-bond acceptors (Lipinski definition) is 7. The van der Waals surface area contributed by atoms with Crippen molar-refractivity contribution >= 4 is 56.4 Å². The van der Waals surface area contributed by atoms with Gasteiger partial charge in [0.1, 0.15) is 27.1 Å². The predicted molar refractivity (Wildman–Crippen MR) is 113 cm³/mol.